The molecular weight excluding hydrogens is 458 g/mol. The average molecular weight is 492 g/mol. The zero-order valence-corrected chi connectivity index (χ0v) is 21.2. The molecule has 0 spiro atoms. The zero-order chi connectivity index (χ0) is 26.7. The van der Waals surface area contributed by atoms with Gasteiger partial charge in [-0.3, -0.25) is 19.8 Å². The van der Waals surface area contributed by atoms with Crippen LogP contribution in [0.25, 0.3) is 0 Å². The summed E-state index contributed by atoms with van der Waals surface area (Å²) in [7, 11) is 0. The second-order valence-electron chi connectivity index (χ2n) is 8.02. The molecule has 0 atom stereocenters. The normalized spacial score (nSPS) is 10.0. The van der Waals surface area contributed by atoms with Crippen molar-refractivity contribution < 1.29 is 19.1 Å². The van der Waals surface area contributed by atoms with Crippen molar-refractivity contribution in [2.45, 2.75) is 34.1 Å². The topological polar surface area (TPSA) is 138 Å². The van der Waals surface area contributed by atoms with Gasteiger partial charge in [0.25, 0.3) is 0 Å². The van der Waals surface area contributed by atoms with E-state index in [4.69, 9.17) is 15.9 Å². The number of ether oxygens (including phenoxy) is 1. The van der Waals surface area contributed by atoms with E-state index in [0.29, 0.717) is 17.8 Å². The smallest absolute Gasteiger partial charge is 0.325 e. The second-order valence-corrected chi connectivity index (χ2v) is 8.02. The van der Waals surface area contributed by atoms with Crippen LogP contribution < -0.4 is 21.3 Å². The minimum atomic E-state index is -0.531. The highest BCUT2D eigenvalue weighted by atomic mass is 16.5. The Bertz CT molecular complexity index is 1180. The third-order valence-corrected chi connectivity index (χ3v) is 5.27. The Labute approximate surface area is 211 Å². The predicted octanol–water partition coefficient (Wildman–Crippen LogP) is 2.47. The molecule has 0 aromatic heterocycles. The summed E-state index contributed by atoms with van der Waals surface area (Å²) in [5.74, 6) is 5.07. The van der Waals surface area contributed by atoms with Crippen LogP contribution >= 0.6 is 0 Å². The highest BCUT2D eigenvalue weighted by Crippen LogP contribution is 2.25. The largest absolute Gasteiger partial charge is 0.465 e. The number of nitrogens with two attached hydrogens (primary N) is 1. The van der Waals surface area contributed by atoms with Gasteiger partial charge in [-0.2, -0.15) is 0 Å². The summed E-state index contributed by atoms with van der Waals surface area (Å²) >= 11 is 0. The molecule has 0 unspecified atom stereocenters. The molecule has 0 aliphatic rings. The second kappa shape index (κ2) is 13.5. The average Bonchev–Trinajstić information content (AvgIpc) is 2.85. The minimum Gasteiger partial charge on any atom is -0.465 e. The van der Waals surface area contributed by atoms with Gasteiger partial charge < -0.3 is 26.0 Å². The van der Waals surface area contributed by atoms with Gasteiger partial charge in [-0.25, -0.2) is 0 Å². The SMILES string of the molecule is CCOC(=O)CNC(=O)CN(C(=O)CC)c1cc(C)c(C#CCNc2ccc(C(=N)N)cc2)cc1C. The zero-order valence-electron chi connectivity index (χ0n) is 21.2. The van der Waals surface area contributed by atoms with Gasteiger partial charge >= 0.3 is 5.97 Å². The Morgan fingerprint density at radius 3 is 2.39 bits per heavy atom. The Morgan fingerprint density at radius 2 is 1.78 bits per heavy atom. The van der Waals surface area contributed by atoms with Crippen molar-refractivity contribution in [3.05, 3.63) is 58.7 Å². The first-order valence-corrected chi connectivity index (χ1v) is 11.7. The van der Waals surface area contributed by atoms with E-state index in [9.17, 15) is 14.4 Å². The van der Waals surface area contributed by atoms with E-state index in [-0.39, 0.29) is 37.9 Å². The molecule has 0 fully saturated rings. The molecule has 2 amide bonds. The Balaban J connectivity index is 2.11. The first-order chi connectivity index (χ1) is 17.2. The fourth-order valence-corrected chi connectivity index (χ4v) is 3.36. The van der Waals surface area contributed by atoms with E-state index in [2.05, 4.69) is 22.5 Å². The molecule has 0 bridgehead atoms. The van der Waals surface area contributed by atoms with E-state index >= 15 is 0 Å². The maximum atomic E-state index is 12.6. The van der Waals surface area contributed by atoms with Crippen LogP contribution in [0, 0.1) is 31.1 Å². The van der Waals surface area contributed by atoms with Gasteiger partial charge in [0.15, 0.2) is 0 Å². The molecule has 2 rings (SSSR count). The lowest BCUT2D eigenvalue weighted by atomic mass is 10.0. The van der Waals surface area contributed by atoms with Gasteiger partial charge in [-0.15, -0.1) is 0 Å². The quantitative estimate of drug-likeness (QED) is 0.174. The number of amides is 2. The van der Waals surface area contributed by atoms with Crippen LogP contribution in [0.15, 0.2) is 36.4 Å². The highest BCUT2D eigenvalue weighted by Gasteiger charge is 2.21. The first kappa shape index (κ1) is 27.9. The molecule has 0 saturated carbocycles. The molecule has 0 radical (unpaired) electrons. The van der Waals surface area contributed by atoms with Crippen molar-refractivity contribution in [2.24, 2.45) is 5.73 Å². The number of benzene rings is 2. The number of hydrogen-bond acceptors (Lipinski definition) is 6. The fourth-order valence-electron chi connectivity index (χ4n) is 3.36. The maximum Gasteiger partial charge on any atom is 0.325 e. The van der Waals surface area contributed by atoms with Crippen molar-refractivity contribution >= 4 is 35.0 Å². The van der Waals surface area contributed by atoms with Crippen molar-refractivity contribution in [3.8, 4) is 11.8 Å². The Morgan fingerprint density at radius 1 is 1.08 bits per heavy atom. The molecule has 0 heterocycles. The molecule has 0 aliphatic heterocycles. The monoisotopic (exact) mass is 491 g/mol. The number of carbonyl (C=O) groups is 3. The summed E-state index contributed by atoms with van der Waals surface area (Å²) in [6, 6.07) is 11.0. The minimum absolute atomic E-state index is 0.0205. The number of anilines is 2. The summed E-state index contributed by atoms with van der Waals surface area (Å²) in [5.41, 5.74) is 10.1. The number of rotatable bonds is 10. The molecule has 2 aromatic rings. The van der Waals surface area contributed by atoms with E-state index < -0.39 is 11.9 Å². The molecule has 0 aliphatic carbocycles. The lowest BCUT2D eigenvalue weighted by Gasteiger charge is -2.24. The lowest BCUT2D eigenvalue weighted by Crippen LogP contribution is -2.42. The number of hydrogen-bond donors (Lipinski definition) is 4. The maximum absolute atomic E-state index is 12.6. The summed E-state index contributed by atoms with van der Waals surface area (Å²) in [6.07, 6.45) is 0.226. The molecule has 190 valence electrons. The predicted molar refractivity (Wildman–Crippen MR) is 141 cm³/mol. The number of esters is 1. The summed E-state index contributed by atoms with van der Waals surface area (Å²) in [4.78, 5) is 38.0. The molecule has 2 aromatic carbocycles. The van der Waals surface area contributed by atoms with Crippen LogP contribution in [0.2, 0.25) is 0 Å². The third kappa shape index (κ3) is 8.17. The van der Waals surface area contributed by atoms with Crippen LogP contribution in [0.5, 0.6) is 0 Å². The van der Waals surface area contributed by atoms with Gasteiger partial charge in [-0.05, 0) is 68.3 Å². The lowest BCUT2D eigenvalue weighted by molar-refractivity contribution is -0.143. The van der Waals surface area contributed by atoms with Crippen molar-refractivity contribution in [1.82, 2.24) is 5.32 Å². The van der Waals surface area contributed by atoms with E-state index in [0.717, 1.165) is 22.4 Å². The molecule has 9 nitrogen and oxygen atoms in total. The van der Waals surface area contributed by atoms with Crippen LogP contribution in [0.3, 0.4) is 0 Å². The standard InChI is InChI=1S/C27H33N5O4/c1-5-25(34)32(17-24(33)31-16-26(35)36-6-2)23-15-18(3)21(14-19(23)4)8-7-13-30-22-11-9-20(10-12-22)27(28)29/h9-12,14-15,30H,5-6,13,16-17H2,1-4H3,(H3,28,29)(H,31,33). The van der Waals surface area contributed by atoms with Gasteiger partial charge in [0.1, 0.15) is 18.9 Å². The Hall–Kier alpha value is -4.32. The first-order valence-electron chi connectivity index (χ1n) is 11.7. The summed E-state index contributed by atoms with van der Waals surface area (Å²) in [6.45, 7) is 7.37. The van der Waals surface area contributed by atoms with Crippen LogP contribution in [-0.2, 0) is 19.1 Å². The molecule has 36 heavy (non-hydrogen) atoms. The van der Waals surface area contributed by atoms with Crippen molar-refractivity contribution in [2.75, 3.05) is 36.5 Å². The van der Waals surface area contributed by atoms with Crippen LogP contribution in [0.1, 0.15) is 42.5 Å². The van der Waals surface area contributed by atoms with Crippen molar-refractivity contribution in [1.29, 1.82) is 5.41 Å². The third-order valence-electron chi connectivity index (χ3n) is 5.27. The highest BCUT2D eigenvalue weighted by molar-refractivity contribution is 5.99. The number of nitrogens with zero attached hydrogens (tertiary/aromatic N) is 1. The van der Waals surface area contributed by atoms with Crippen molar-refractivity contribution in [3.63, 3.8) is 0 Å². The number of nitrogen functional groups attached to an aromatic ring is 1. The van der Waals surface area contributed by atoms with Gasteiger partial charge in [0.05, 0.1) is 13.2 Å². The summed E-state index contributed by atoms with van der Waals surface area (Å²) in [5, 5.41) is 13.1. The van der Waals surface area contributed by atoms with Gasteiger partial charge in [-0.1, -0.05) is 18.8 Å². The number of aryl methyl sites for hydroxylation is 2. The number of amidine groups is 1. The fraction of sp³-hybridized carbons (Fsp3) is 0.333. The summed E-state index contributed by atoms with van der Waals surface area (Å²) < 4.78 is 4.81. The molecule has 5 N–H and O–H groups in total. The van der Waals surface area contributed by atoms with Gasteiger partial charge in [0.2, 0.25) is 11.8 Å². The van der Waals surface area contributed by atoms with Gasteiger partial charge in [0, 0.05) is 28.9 Å². The molecule has 0 saturated heterocycles. The van der Waals surface area contributed by atoms with E-state index in [1.165, 1.54) is 4.90 Å². The Kier molecular flexibility index (Phi) is 10.5. The van der Waals surface area contributed by atoms with Crippen LogP contribution in [0.4, 0.5) is 11.4 Å². The van der Waals surface area contributed by atoms with E-state index in [1.807, 2.05) is 38.1 Å². The molecule has 9 heteroatoms. The number of nitrogens with one attached hydrogen (secondary N) is 3. The van der Waals surface area contributed by atoms with E-state index in [1.54, 1.807) is 26.0 Å². The molecular formula is C27H33N5O4. The van der Waals surface area contributed by atoms with Crippen LogP contribution in [-0.4, -0.2) is 49.9 Å². The number of carbonyl (C=O) groups excluding carboxylic acids is 3.